The minimum atomic E-state index is -0.299. The Kier molecular flexibility index (Phi) is 2.71. The lowest BCUT2D eigenvalue weighted by atomic mass is 9.91. The number of hydrogen-bond donors (Lipinski definition) is 1. The van der Waals surface area contributed by atoms with Crippen molar-refractivity contribution in [2.45, 2.75) is 19.9 Å². The van der Waals surface area contributed by atoms with Crippen molar-refractivity contribution in [2.24, 2.45) is 0 Å². The van der Waals surface area contributed by atoms with Crippen molar-refractivity contribution in [3.8, 4) is 11.1 Å². The van der Waals surface area contributed by atoms with E-state index in [-0.39, 0.29) is 10.6 Å². The number of anilines is 1. The number of hydrogen-bond acceptors (Lipinski definition) is 3. The van der Waals surface area contributed by atoms with Gasteiger partial charge in [0.1, 0.15) is 0 Å². The van der Waals surface area contributed by atoms with Gasteiger partial charge in [-0.05, 0) is 29.7 Å². The smallest absolute Gasteiger partial charge is 0.277 e. The molecule has 0 radical (unpaired) electrons. The number of nitrogens with zero attached hydrogens (tertiary/aromatic N) is 1. The van der Waals surface area contributed by atoms with E-state index in [1.54, 1.807) is 12.1 Å². The van der Waals surface area contributed by atoms with Gasteiger partial charge in [-0.3, -0.25) is 10.1 Å². The molecular formula is C15H14N2O2. The van der Waals surface area contributed by atoms with E-state index in [9.17, 15) is 10.1 Å². The lowest BCUT2D eigenvalue weighted by molar-refractivity contribution is -0.384. The molecule has 1 N–H and O–H groups in total. The summed E-state index contributed by atoms with van der Waals surface area (Å²) in [4.78, 5) is 10.9. The Balaban J connectivity index is 2.29. The Hall–Kier alpha value is -2.36. The highest BCUT2D eigenvalue weighted by Gasteiger charge is 2.24. The third kappa shape index (κ3) is 1.85. The molecule has 2 aromatic carbocycles. The van der Waals surface area contributed by atoms with Gasteiger partial charge < -0.3 is 5.32 Å². The molecule has 4 nitrogen and oxygen atoms in total. The topological polar surface area (TPSA) is 55.2 Å². The van der Waals surface area contributed by atoms with E-state index >= 15 is 0 Å². The van der Waals surface area contributed by atoms with Gasteiger partial charge in [-0.1, -0.05) is 25.1 Å². The van der Waals surface area contributed by atoms with Gasteiger partial charge in [0.2, 0.25) is 0 Å². The molecular weight excluding hydrogens is 240 g/mol. The van der Waals surface area contributed by atoms with E-state index in [0.717, 1.165) is 28.8 Å². The molecule has 0 saturated heterocycles. The van der Waals surface area contributed by atoms with Crippen molar-refractivity contribution >= 4 is 11.4 Å². The van der Waals surface area contributed by atoms with E-state index < -0.39 is 0 Å². The summed E-state index contributed by atoms with van der Waals surface area (Å²) in [5, 5.41) is 14.5. The van der Waals surface area contributed by atoms with Crippen LogP contribution >= 0.6 is 0 Å². The van der Waals surface area contributed by atoms with Gasteiger partial charge in [-0.15, -0.1) is 0 Å². The average molecular weight is 254 g/mol. The van der Waals surface area contributed by atoms with E-state index in [2.05, 4.69) is 18.3 Å². The van der Waals surface area contributed by atoms with Crippen LogP contribution in [-0.2, 0) is 13.0 Å². The lowest BCUT2D eigenvalue weighted by Gasteiger charge is -2.22. The maximum atomic E-state index is 11.2. The number of rotatable bonds is 2. The molecule has 0 fully saturated rings. The fraction of sp³-hybridized carbons (Fsp3) is 0.200. The zero-order valence-electron chi connectivity index (χ0n) is 10.6. The highest BCUT2D eigenvalue weighted by Crippen LogP contribution is 2.41. The first-order chi connectivity index (χ1) is 9.20. The molecule has 1 aliphatic heterocycles. The zero-order valence-corrected chi connectivity index (χ0v) is 10.6. The first-order valence-corrected chi connectivity index (χ1v) is 6.34. The summed E-state index contributed by atoms with van der Waals surface area (Å²) in [5.41, 5.74) is 5.03. The van der Waals surface area contributed by atoms with Crippen LogP contribution in [0, 0.1) is 10.1 Å². The minimum absolute atomic E-state index is 0.188. The second-order valence-electron chi connectivity index (χ2n) is 4.66. The number of fused-ring (bicyclic) bond motifs is 3. The van der Waals surface area contributed by atoms with Crippen LogP contribution in [0.5, 0.6) is 0 Å². The molecule has 96 valence electrons. The molecule has 1 heterocycles. The van der Waals surface area contributed by atoms with E-state index in [4.69, 9.17) is 0 Å². The zero-order chi connectivity index (χ0) is 13.4. The molecule has 0 aromatic heterocycles. The van der Waals surface area contributed by atoms with Crippen LogP contribution in [0.25, 0.3) is 11.1 Å². The van der Waals surface area contributed by atoms with E-state index in [1.165, 1.54) is 5.56 Å². The number of benzene rings is 2. The van der Waals surface area contributed by atoms with Gasteiger partial charge in [0.15, 0.2) is 0 Å². The molecule has 0 unspecified atom stereocenters. The number of nitro benzene ring substituents is 1. The van der Waals surface area contributed by atoms with Gasteiger partial charge in [-0.25, -0.2) is 0 Å². The van der Waals surface area contributed by atoms with E-state index in [0.29, 0.717) is 6.54 Å². The van der Waals surface area contributed by atoms with Gasteiger partial charge in [-0.2, -0.15) is 0 Å². The summed E-state index contributed by atoms with van der Waals surface area (Å²) >= 11 is 0. The average Bonchev–Trinajstić information content (AvgIpc) is 2.45. The van der Waals surface area contributed by atoms with Gasteiger partial charge >= 0.3 is 0 Å². The van der Waals surface area contributed by atoms with Crippen LogP contribution in [0.2, 0.25) is 0 Å². The Morgan fingerprint density at radius 3 is 2.89 bits per heavy atom. The summed E-state index contributed by atoms with van der Waals surface area (Å²) in [7, 11) is 0. The molecule has 2 aromatic rings. The summed E-state index contributed by atoms with van der Waals surface area (Å²) in [5.74, 6) is 0. The molecule has 4 heteroatoms. The maximum Gasteiger partial charge on any atom is 0.277 e. The second kappa shape index (κ2) is 4.39. The lowest BCUT2D eigenvalue weighted by Crippen LogP contribution is -2.10. The highest BCUT2D eigenvalue weighted by atomic mass is 16.6. The fourth-order valence-corrected chi connectivity index (χ4v) is 2.56. The van der Waals surface area contributed by atoms with Crippen molar-refractivity contribution < 1.29 is 4.92 Å². The molecule has 0 bridgehead atoms. The second-order valence-corrected chi connectivity index (χ2v) is 4.66. The predicted molar refractivity (Wildman–Crippen MR) is 75.2 cm³/mol. The van der Waals surface area contributed by atoms with Crippen molar-refractivity contribution in [3.05, 3.63) is 57.6 Å². The molecule has 0 saturated carbocycles. The van der Waals surface area contributed by atoms with E-state index in [1.807, 2.05) is 18.2 Å². The van der Waals surface area contributed by atoms with Crippen molar-refractivity contribution in [1.29, 1.82) is 0 Å². The first-order valence-electron chi connectivity index (χ1n) is 6.34. The SMILES string of the molecule is CCc1ccc2c(c1)-c1c(cccc1[N+](=O)[O-])CN2. The standard InChI is InChI=1S/C15H14N2O2/c1-2-10-6-7-13-12(8-10)15-11(9-16-13)4-3-5-14(15)17(18)19/h3-8,16H,2,9H2,1H3. The van der Waals surface area contributed by atoms with Crippen LogP contribution in [0.3, 0.4) is 0 Å². The number of nitro groups is 1. The quantitative estimate of drug-likeness (QED) is 0.656. The Bertz CT molecular complexity index is 665. The largest absolute Gasteiger partial charge is 0.380 e. The highest BCUT2D eigenvalue weighted by molar-refractivity contribution is 5.88. The summed E-state index contributed by atoms with van der Waals surface area (Å²) in [6, 6.07) is 11.4. The normalized spacial score (nSPS) is 12.3. The summed E-state index contributed by atoms with van der Waals surface area (Å²) in [6.07, 6.45) is 0.920. The Labute approximate surface area is 111 Å². The van der Waals surface area contributed by atoms with Crippen LogP contribution in [0.1, 0.15) is 18.1 Å². The summed E-state index contributed by atoms with van der Waals surface area (Å²) < 4.78 is 0. The summed E-state index contributed by atoms with van der Waals surface area (Å²) in [6.45, 7) is 2.72. The van der Waals surface area contributed by atoms with Crippen molar-refractivity contribution in [2.75, 3.05) is 5.32 Å². The molecule has 19 heavy (non-hydrogen) atoms. The molecule has 0 atom stereocenters. The number of aryl methyl sites for hydroxylation is 1. The molecule has 0 spiro atoms. The molecule has 0 aliphatic carbocycles. The Morgan fingerprint density at radius 2 is 2.16 bits per heavy atom. The van der Waals surface area contributed by atoms with Crippen LogP contribution < -0.4 is 5.32 Å². The maximum absolute atomic E-state index is 11.2. The van der Waals surface area contributed by atoms with Gasteiger partial charge in [0, 0.05) is 23.9 Å². The minimum Gasteiger partial charge on any atom is -0.380 e. The van der Waals surface area contributed by atoms with Crippen LogP contribution in [0.15, 0.2) is 36.4 Å². The molecule has 1 aliphatic rings. The van der Waals surface area contributed by atoms with Crippen molar-refractivity contribution in [1.82, 2.24) is 0 Å². The van der Waals surface area contributed by atoms with Crippen molar-refractivity contribution in [3.63, 3.8) is 0 Å². The number of nitrogens with one attached hydrogen (secondary N) is 1. The van der Waals surface area contributed by atoms with Gasteiger partial charge in [0.05, 0.1) is 10.5 Å². The molecule has 0 amide bonds. The predicted octanol–water partition coefficient (Wildman–Crippen LogP) is 3.75. The third-order valence-electron chi connectivity index (χ3n) is 3.56. The van der Waals surface area contributed by atoms with Crippen LogP contribution in [0.4, 0.5) is 11.4 Å². The monoisotopic (exact) mass is 254 g/mol. The molecule has 3 rings (SSSR count). The Morgan fingerprint density at radius 1 is 1.32 bits per heavy atom. The van der Waals surface area contributed by atoms with Crippen LogP contribution in [-0.4, -0.2) is 4.92 Å². The third-order valence-corrected chi connectivity index (χ3v) is 3.56. The first kappa shape index (κ1) is 11.7. The van der Waals surface area contributed by atoms with Gasteiger partial charge in [0.25, 0.3) is 5.69 Å². The fourth-order valence-electron chi connectivity index (χ4n) is 2.56.